The van der Waals surface area contributed by atoms with Crippen molar-refractivity contribution >= 4 is 0 Å². The van der Waals surface area contributed by atoms with Gasteiger partial charge in [0.15, 0.2) is 17.5 Å². The van der Waals surface area contributed by atoms with Gasteiger partial charge in [-0.2, -0.15) is 0 Å². The summed E-state index contributed by atoms with van der Waals surface area (Å²) in [5, 5.41) is 3.21. The Balaban J connectivity index is 2.06. The van der Waals surface area contributed by atoms with Gasteiger partial charge in [0, 0.05) is 6.54 Å². The molecule has 0 saturated heterocycles. The van der Waals surface area contributed by atoms with E-state index in [1.54, 1.807) is 13.2 Å². The molecule has 0 fully saturated rings. The second-order valence-electron chi connectivity index (χ2n) is 5.00. The molecular formula is C16H14F3NO. The lowest BCUT2D eigenvalue weighted by atomic mass is 9.89. The van der Waals surface area contributed by atoms with Crippen molar-refractivity contribution in [2.45, 2.75) is 12.5 Å². The molecule has 0 saturated carbocycles. The molecule has 2 aromatic carbocycles. The Bertz CT molecular complexity index is 664. The van der Waals surface area contributed by atoms with E-state index in [1.807, 2.05) is 12.1 Å². The second-order valence-corrected chi connectivity index (χ2v) is 5.00. The highest BCUT2D eigenvalue weighted by Crippen LogP contribution is 2.32. The van der Waals surface area contributed by atoms with E-state index >= 15 is 0 Å². The fraction of sp³-hybridized carbons (Fsp3) is 0.250. The lowest BCUT2D eigenvalue weighted by Gasteiger charge is -2.28. The van der Waals surface area contributed by atoms with E-state index in [9.17, 15) is 13.2 Å². The standard InChI is InChI=1S/C16H14F3NO/c1-21-11-2-3-12-9(6-11)4-5-20-16(12)10-7-13(17)15(19)14(18)8-10/h2-3,6-8,16,20H,4-5H2,1H3. The summed E-state index contributed by atoms with van der Waals surface area (Å²) in [7, 11) is 1.59. The summed E-state index contributed by atoms with van der Waals surface area (Å²) >= 11 is 0. The van der Waals surface area contributed by atoms with Gasteiger partial charge < -0.3 is 10.1 Å². The zero-order chi connectivity index (χ0) is 15.0. The SMILES string of the molecule is COc1ccc2c(c1)CCNC2c1cc(F)c(F)c(F)c1. The van der Waals surface area contributed by atoms with Gasteiger partial charge in [-0.3, -0.25) is 0 Å². The number of nitrogens with one attached hydrogen (secondary N) is 1. The van der Waals surface area contributed by atoms with Crippen LogP contribution in [-0.2, 0) is 6.42 Å². The molecule has 1 aliphatic heterocycles. The molecule has 1 aliphatic rings. The third-order valence-electron chi connectivity index (χ3n) is 3.74. The summed E-state index contributed by atoms with van der Waals surface area (Å²) < 4.78 is 45.1. The van der Waals surface area contributed by atoms with Crippen molar-refractivity contribution in [3.63, 3.8) is 0 Å². The molecule has 21 heavy (non-hydrogen) atoms. The smallest absolute Gasteiger partial charge is 0.194 e. The Morgan fingerprint density at radius 2 is 1.81 bits per heavy atom. The lowest BCUT2D eigenvalue weighted by molar-refractivity contribution is 0.413. The van der Waals surface area contributed by atoms with Gasteiger partial charge in [-0.15, -0.1) is 0 Å². The van der Waals surface area contributed by atoms with Crippen LogP contribution in [0.4, 0.5) is 13.2 Å². The normalized spacial score (nSPS) is 17.4. The molecule has 1 unspecified atom stereocenters. The largest absolute Gasteiger partial charge is 0.497 e. The molecule has 110 valence electrons. The van der Waals surface area contributed by atoms with Crippen LogP contribution in [0.25, 0.3) is 0 Å². The number of hydrogen-bond acceptors (Lipinski definition) is 2. The lowest BCUT2D eigenvalue weighted by Crippen LogP contribution is -2.30. The molecule has 0 spiro atoms. The van der Waals surface area contributed by atoms with Gasteiger partial charge in [0.05, 0.1) is 13.2 Å². The van der Waals surface area contributed by atoms with Crippen LogP contribution in [0.15, 0.2) is 30.3 Å². The van der Waals surface area contributed by atoms with Crippen molar-refractivity contribution in [2.75, 3.05) is 13.7 Å². The van der Waals surface area contributed by atoms with Crippen molar-refractivity contribution in [1.82, 2.24) is 5.32 Å². The van der Waals surface area contributed by atoms with Crippen LogP contribution in [0, 0.1) is 17.5 Å². The number of fused-ring (bicyclic) bond motifs is 1. The molecule has 0 bridgehead atoms. The maximum absolute atomic E-state index is 13.4. The average molecular weight is 293 g/mol. The van der Waals surface area contributed by atoms with E-state index in [1.165, 1.54) is 0 Å². The van der Waals surface area contributed by atoms with Gasteiger partial charge in [0.25, 0.3) is 0 Å². The Morgan fingerprint density at radius 3 is 2.48 bits per heavy atom. The molecule has 2 nitrogen and oxygen atoms in total. The Morgan fingerprint density at radius 1 is 1.10 bits per heavy atom. The summed E-state index contributed by atoms with van der Waals surface area (Å²) in [4.78, 5) is 0. The van der Waals surface area contributed by atoms with Crippen LogP contribution in [0.5, 0.6) is 5.75 Å². The van der Waals surface area contributed by atoms with E-state index < -0.39 is 17.5 Å². The summed E-state index contributed by atoms with van der Waals surface area (Å²) in [6, 6.07) is 7.30. The second kappa shape index (κ2) is 5.41. The van der Waals surface area contributed by atoms with Crippen LogP contribution in [0.3, 0.4) is 0 Å². The zero-order valence-corrected chi connectivity index (χ0v) is 11.4. The minimum absolute atomic E-state index is 0.357. The summed E-state index contributed by atoms with van der Waals surface area (Å²) in [5.74, 6) is -3.05. The van der Waals surface area contributed by atoms with E-state index in [0.717, 1.165) is 35.4 Å². The molecule has 0 amide bonds. The van der Waals surface area contributed by atoms with Crippen molar-refractivity contribution in [3.8, 4) is 5.75 Å². The quantitative estimate of drug-likeness (QED) is 0.857. The van der Waals surface area contributed by atoms with Crippen molar-refractivity contribution < 1.29 is 17.9 Å². The molecule has 5 heteroatoms. The number of halogens is 3. The highest BCUT2D eigenvalue weighted by atomic mass is 19.2. The minimum Gasteiger partial charge on any atom is -0.497 e. The monoisotopic (exact) mass is 293 g/mol. The van der Waals surface area contributed by atoms with E-state index in [4.69, 9.17) is 4.74 Å². The molecule has 1 atom stereocenters. The number of hydrogen-bond donors (Lipinski definition) is 1. The topological polar surface area (TPSA) is 21.3 Å². The predicted molar refractivity (Wildman–Crippen MR) is 72.9 cm³/mol. The number of benzene rings is 2. The van der Waals surface area contributed by atoms with Gasteiger partial charge in [0.1, 0.15) is 5.75 Å². The first-order valence-corrected chi connectivity index (χ1v) is 6.65. The first-order chi connectivity index (χ1) is 10.1. The number of ether oxygens (including phenoxy) is 1. The summed E-state index contributed by atoms with van der Waals surface area (Å²) in [6.45, 7) is 0.672. The molecule has 0 aromatic heterocycles. The van der Waals surface area contributed by atoms with E-state index in [0.29, 0.717) is 12.1 Å². The Labute approximate surface area is 120 Å². The summed E-state index contributed by atoms with van der Waals surface area (Å²) in [6.07, 6.45) is 0.801. The van der Waals surface area contributed by atoms with E-state index in [-0.39, 0.29) is 6.04 Å². The minimum atomic E-state index is -1.44. The Kier molecular flexibility index (Phi) is 3.59. The molecule has 1 heterocycles. The molecule has 0 radical (unpaired) electrons. The highest BCUT2D eigenvalue weighted by Gasteiger charge is 2.24. The first-order valence-electron chi connectivity index (χ1n) is 6.65. The van der Waals surface area contributed by atoms with Crippen LogP contribution in [0.2, 0.25) is 0 Å². The van der Waals surface area contributed by atoms with Crippen LogP contribution in [-0.4, -0.2) is 13.7 Å². The fourth-order valence-corrected chi connectivity index (χ4v) is 2.71. The molecule has 3 rings (SSSR count). The molecule has 1 N–H and O–H groups in total. The molecule has 2 aromatic rings. The van der Waals surface area contributed by atoms with Gasteiger partial charge in [0.2, 0.25) is 0 Å². The maximum Gasteiger partial charge on any atom is 0.194 e. The maximum atomic E-state index is 13.4. The molecular weight excluding hydrogens is 279 g/mol. The van der Waals surface area contributed by atoms with Gasteiger partial charge in [-0.25, -0.2) is 13.2 Å². The molecule has 0 aliphatic carbocycles. The van der Waals surface area contributed by atoms with Crippen molar-refractivity contribution in [3.05, 3.63) is 64.5 Å². The highest BCUT2D eigenvalue weighted by molar-refractivity contribution is 5.43. The number of rotatable bonds is 2. The van der Waals surface area contributed by atoms with Gasteiger partial charge in [-0.1, -0.05) is 6.07 Å². The average Bonchev–Trinajstić information content (AvgIpc) is 2.51. The third kappa shape index (κ3) is 2.49. The van der Waals surface area contributed by atoms with Crippen LogP contribution in [0.1, 0.15) is 22.7 Å². The Hall–Kier alpha value is -2.01. The van der Waals surface area contributed by atoms with E-state index in [2.05, 4.69) is 5.32 Å². The third-order valence-corrected chi connectivity index (χ3v) is 3.74. The van der Waals surface area contributed by atoms with Gasteiger partial charge in [-0.05, 0) is 47.4 Å². The predicted octanol–water partition coefficient (Wildman–Crippen LogP) is 3.35. The van der Waals surface area contributed by atoms with Crippen LogP contribution >= 0.6 is 0 Å². The van der Waals surface area contributed by atoms with Gasteiger partial charge >= 0.3 is 0 Å². The summed E-state index contributed by atoms with van der Waals surface area (Å²) in [5.41, 5.74) is 2.35. The van der Waals surface area contributed by atoms with Crippen molar-refractivity contribution in [1.29, 1.82) is 0 Å². The zero-order valence-electron chi connectivity index (χ0n) is 11.4. The first kappa shape index (κ1) is 13.9. The van der Waals surface area contributed by atoms with Crippen molar-refractivity contribution in [2.24, 2.45) is 0 Å². The fourth-order valence-electron chi connectivity index (χ4n) is 2.71. The van der Waals surface area contributed by atoms with Crippen LogP contribution < -0.4 is 10.1 Å². The number of methoxy groups -OCH3 is 1.